The van der Waals surface area contributed by atoms with E-state index < -0.39 is 12.1 Å². The van der Waals surface area contributed by atoms with Crippen molar-refractivity contribution < 1.29 is 29.2 Å². The van der Waals surface area contributed by atoms with E-state index in [1.807, 2.05) is 0 Å². The summed E-state index contributed by atoms with van der Waals surface area (Å²) in [5.74, 6) is -0.399. The minimum atomic E-state index is -0.916. The van der Waals surface area contributed by atoms with Gasteiger partial charge in [0.05, 0.1) is 5.56 Å². The van der Waals surface area contributed by atoms with Gasteiger partial charge in [-0.3, -0.25) is 9.59 Å². The Hall–Kier alpha value is -2.08. The second kappa shape index (κ2) is 4.42. The van der Waals surface area contributed by atoms with Crippen molar-refractivity contribution in [3.8, 4) is 11.5 Å². The Kier molecular flexibility index (Phi) is 2.97. The molecule has 17 heavy (non-hydrogen) atoms. The van der Waals surface area contributed by atoms with E-state index in [9.17, 15) is 9.59 Å². The van der Waals surface area contributed by atoms with Crippen molar-refractivity contribution in [3.63, 3.8) is 0 Å². The number of carbonyl (C=O) groups excluding carboxylic acids is 2. The van der Waals surface area contributed by atoms with Gasteiger partial charge in [-0.15, -0.1) is 0 Å². The summed E-state index contributed by atoms with van der Waals surface area (Å²) in [6.45, 7) is 1.19. The van der Waals surface area contributed by atoms with E-state index in [0.29, 0.717) is 11.3 Å². The quantitative estimate of drug-likeness (QED) is 0.471. The molecule has 6 heteroatoms. The number of hydrogen-bond donors (Lipinski definition) is 1. The van der Waals surface area contributed by atoms with E-state index in [1.54, 1.807) is 0 Å². The molecule has 1 aromatic carbocycles. The van der Waals surface area contributed by atoms with Crippen molar-refractivity contribution in [2.45, 2.75) is 13.0 Å². The van der Waals surface area contributed by atoms with Crippen LogP contribution in [0, 0.1) is 0 Å². The summed E-state index contributed by atoms with van der Waals surface area (Å²) in [6.07, 6.45) is -0.916. The average molecular weight is 238 g/mol. The second-order valence-electron chi connectivity index (χ2n) is 3.52. The highest BCUT2D eigenvalue weighted by molar-refractivity contribution is 6.03. The van der Waals surface area contributed by atoms with Gasteiger partial charge in [0.15, 0.2) is 11.9 Å². The molecular weight excluding hydrogens is 228 g/mol. The molecule has 90 valence electrons. The maximum Gasteiger partial charge on any atom is 0.303 e. The van der Waals surface area contributed by atoms with Gasteiger partial charge < -0.3 is 14.4 Å². The lowest BCUT2D eigenvalue weighted by Crippen LogP contribution is -2.36. The average Bonchev–Trinajstić information content (AvgIpc) is 2.32. The summed E-state index contributed by atoms with van der Waals surface area (Å²) < 4.78 is 10.1. The molecule has 1 unspecified atom stereocenters. The van der Waals surface area contributed by atoms with E-state index >= 15 is 0 Å². The fourth-order valence-electron chi connectivity index (χ4n) is 1.58. The summed E-state index contributed by atoms with van der Waals surface area (Å²) in [6, 6.07) is 4.24. The number of esters is 1. The lowest BCUT2D eigenvalue weighted by Gasteiger charge is -2.23. The van der Waals surface area contributed by atoms with E-state index in [4.69, 9.17) is 14.7 Å². The molecule has 2 rings (SSSR count). The highest BCUT2D eigenvalue weighted by Crippen LogP contribution is 2.29. The molecule has 1 heterocycles. The van der Waals surface area contributed by atoms with Crippen LogP contribution in [0.2, 0.25) is 0 Å². The zero-order valence-electron chi connectivity index (χ0n) is 9.00. The summed E-state index contributed by atoms with van der Waals surface area (Å²) in [5.41, 5.74) is 0.295. The van der Waals surface area contributed by atoms with Gasteiger partial charge in [0.2, 0.25) is 5.78 Å². The first-order valence-corrected chi connectivity index (χ1v) is 4.91. The van der Waals surface area contributed by atoms with Gasteiger partial charge >= 0.3 is 5.97 Å². The molecule has 0 aliphatic carbocycles. The molecule has 0 fully saturated rings. The molecule has 0 bridgehead atoms. The Balaban J connectivity index is 2.27. The third-order valence-corrected chi connectivity index (χ3v) is 2.31. The second-order valence-corrected chi connectivity index (χ2v) is 3.52. The number of rotatable bonds is 2. The number of ether oxygens (including phenoxy) is 2. The third-order valence-electron chi connectivity index (χ3n) is 2.31. The van der Waals surface area contributed by atoms with E-state index in [1.165, 1.54) is 25.1 Å². The summed E-state index contributed by atoms with van der Waals surface area (Å²) in [5, 5.41) is 8.47. The van der Waals surface area contributed by atoms with Crippen LogP contribution in [0.5, 0.6) is 11.5 Å². The van der Waals surface area contributed by atoms with Crippen LogP contribution in [-0.4, -0.2) is 29.7 Å². The Labute approximate surface area is 96.6 Å². The molecule has 0 saturated carbocycles. The number of Topliss-reactive ketones (excluding diaryl/α,β-unsaturated/α-hetero) is 1. The molecule has 0 spiro atoms. The zero-order valence-corrected chi connectivity index (χ0v) is 9.00. The van der Waals surface area contributed by atoms with Crippen LogP contribution in [-0.2, 0) is 9.53 Å². The van der Waals surface area contributed by atoms with Crippen molar-refractivity contribution in [1.29, 1.82) is 0 Å². The fraction of sp³-hybridized carbons (Fsp3) is 0.273. The smallest absolute Gasteiger partial charge is 0.303 e. The summed E-state index contributed by atoms with van der Waals surface area (Å²) in [7, 11) is 0. The monoisotopic (exact) mass is 238 g/mol. The van der Waals surface area contributed by atoms with E-state index in [0.717, 1.165) is 0 Å². The number of benzene rings is 1. The molecule has 1 aliphatic heterocycles. The zero-order chi connectivity index (χ0) is 12.4. The summed E-state index contributed by atoms with van der Waals surface area (Å²) >= 11 is 0. The van der Waals surface area contributed by atoms with E-state index in [2.05, 4.69) is 4.89 Å². The molecular formula is C11H10O6. The lowest BCUT2D eigenvalue weighted by molar-refractivity contribution is -0.145. The van der Waals surface area contributed by atoms with Gasteiger partial charge in [-0.2, -0.15) is 0 Å². The topological polar surface area (TPSA) is 82.1 Å². The molecule has 0 saturated heterocycles. The van der Waals surface area contributed by atoms with E-state index in [-0.39, 0.29) is 18.1 Å². The minimum Gasteiger partial charge on any atom is -0.488 e. The van der Waals surface area contributed by atoms with Gasteiger partial charge in [0.1, 0.15) is 12.4 Å². The van der Waals surface area contributed by atoms with Crippen LogP contribution < -0.4 is 9.62 Å². The van der Waals surface area contributed by atoms with Crippen molar-refractivity contribution in [3.05, 3.63) is 23.8 Å². The fourth-order valence-corrected chi connectivity index (χ4v) is 1.58. The largest absolute Gasteiger partial charge is 0.488 e. The Morgan fingerprint density at radius 2 is 2.29 bits per heavy atom. The SMILES string of the molecule is CC(=O)OC1COc2cc(OO)ccc2C1=O. The van der Waals surface area contributed by atoms with Crippen LogP contribution in [0.3, 0.4) is 0 Å². The van der Waals surface area contributed by atoms with Crippen LogP contribution >= 0.6 is 0 Å². The predicted molar refractivity (Wildman–Crippen MR) is 55.1 cm³/mol. The number of ketones is 1. The number of carbonyl (C=O) groups is 2. The summed E-state index contributed by atoms with van der Waals surface area (Å²) in [4.78, 5) is 26.7. The normalized spacial score (nSPS) is 18.0. The van der Waals surface area contributed by atoms with Crippen molar-refractivity contribution in [2.75, 3.05) is 6.61 Å². The Morgan fingerprint density at radius 3 is 2.94 bits per heavy atom. The molecule has 1 aromatic rings. The highest BCUT2D eigenvalue weighted by Gasteiger charge is 2.31. The molecule has 1 N–H and O–H groups in total. The minimum absolute atomic E-state index is 0.0414. The Bertz CT molecular complexity index is 467. The lowest BCUT2D eigenvalue weighted by atomic mass is 10.0. The van der Waals surface area contributed by atoms with Gasteiger partial charge in [-0.05, 0) is 12.1 Å². The highest BCUT2D eigenvalue weighted by atomic mass is 17.1. The molecule has 1 aliphatic rings. The molecule has 0 aromatic heterocycles. The van der Waals surface area contributed by atoms with Crippen molar-refractivity contribution in [1.82, 2.24) is 0 Å². The molecule has 1 atom stereocenters. The predicted octanol–water partition coefficient (Wildman–Crippen LogP) is 1.05. The standard InChI is InChI=1S/C11H10O6/c1-6(12)16-10-5-15-9-4-7(17-14)2-3-8(9)11(10)13/h2-4,10,14H,5H2,1H3. The third kappa shape index (κ3) is 2.21. The maximum absolute atomic E-state index is 11.9. The number of fused-ring (bicyclic) bond motifs is 1. The first-order chi connectivity index (χ1) is 8.11. The van der Waals surface area contributed by atoms with Crippen molar-refractivity contribution >= 4 is 11.8 Å². The first-order valence-electron chi connectivity index (χ1n) is 4.91. The molecule has 0 amide bonds. The van der Waals surface area contributed by atoms with Crippen molar-refractivity contribution in [2.24, 2.45) is 0 Å². The van der Waals surface area contributed by atoms with Gasteiger partial charge in [0.25, 0.3) is 0 Å². The van der Waals surface area contributed by atoms with Crippen LogP contribution in [0.15, 0.2) is 18.2 Å². The maximum atomic E-state index is 11.9. The van der Waals surface area contributed by atoms with Crippen LogP contribution in [0.25, 0.3) is 0 Å². The Morgan fingerprint density at radius 1 is 1.53 bits per heavy atom. The first kappa shape index (κ1) is 11.4. The van der Waals surface area contributed by atoms with Gasteiger partial charge in [-0.1, -0.05) is 0 Å². The van der Waals surface area contributed by atoms with Crippen LogP contribution in [0.4, 0.5) is 0 Å². The van der Waals surface area contributed by atoms with Crippen LogP contribution in [0.1, 0.15) is 17.3 Å². The number of hydrogen-bond acceptors (Lipinski definition) is 6. The van der Waals surface area contributed by atoms with Gasteiger partial charge in [0, 0.05) is 13.0 Å². The molecule has 6 nitrogen and oxygen atoms in total. The molecule has 0 radical (unpaired) electrons. The van der Waals surface area contributed by atoms with Gasteiger partial charge in [-0.25, -0.2) is 5.26 Å².